The summed E-state index contributed by atoms with van der Waals surface area (Å²) in [6.07, 6.45) is -0.469. The van der Waals surface area contributed by atoms with E-state index in [4.69, 9.17) is 13.7 Å². The molecule has 7 heteroatoms. The van der Waals surface area contributed by atoms with Crippen LogP contribution in [0.15, 0.2) is 88.2 Å². The third kappa shape index (κ3) is 6.48. The predicted molar refractivity (Wildman–Crippen MR) is 123 cm³/mol. The summed E-state index contributed by atoms with van der Waals surface area (Å²) < 4.78 is 43.2. The molecule has 2 atom stereocenters. The van der Waals surface area contributed by atoms with Gasteiger partial charge >= 0.3 is 0 Å². The minimum atomic E-state index is -3.92. The molecule has 0 saturated heterocycles. The summed E-state index contributed by atoms with van der Waals surface area (Å²) in [6, 6.07) is 23.9. The third-order valence-electron chi connectivity index (χ3n) is 4.87. The van der Waals surface area contributed by atoms with Crippen LogP contribution in [-0.4, -0.2) is 28.9 Å². The zero-order chi connectivity index (χ0) is 22.3. The molecule has 0 aliphatic rings. The third-order valence-corrected chi connectivity index (χ3v) is 6.69. The van der Waals surface area contributed by atoms with Crippen LogP contribution in [-0.2, 0) is 23.8 Å². The van der Waals surface area contributed by atoms with Crippen molar-refractivity contribution in [3.05, 3.63) is 100 Å². The molecule has 0 radical (unpaired) electrons. The van der Waals surface area contributed by atoms with Gasteiger partial charge in [0.2, 0.25) is 0 Å². The van der Waals surface area contributed by atoms with Crippen LogP contribution in [0.4, 0.5) is 0 Å². The Morgan fingerprint density at radius 1 is 0.871 bits per heavy atom. The zero-order valence-electron chi connectivity index (χ0n) is 17.4. The standard InChI is InChI=1S/C24H25BrO5S/c1-18-8-14-22(15-9-18)31(26,27)30-16-23(19-6-4-3-5-7-19)24(29-17-28-2)20-10-12-21(25)13-11-20/h3-15,23-24H,16-17H2,1-2H3/t23-,24+/m1/s1. The maximum Gasteiger partial charge on any atom is 0.296 e. The van der Waals surface area contributed by atoms with Gasteiger partial charge in [-0.3, -0.25) is 4.18 Å². The highest BCUT2D eigenvalue weighted by atomic mass is 79.9. The Morgan fingerprint density at radius 2 is 1.52 bits per heavy atom. The molecule has 0 amide bonds. The lowest BCUT2D eigenvalue weighted by Crippen LogP contribution is -2.22. The number of halogens is 1. The number of rotatable bonds is 10. The quantitative estimate of drug-likeness (QED) is 0.265. The number of hydrogen-bond donors (Lipinski definition) is 0. The summed E-state index contributed by atoms with van der Waals surface area (Å²) in [5, 5.41) is 0. The van der Waals surface area contributed by atoms with Crippen molar-refractivity contribution in [1.29, 1.82) is 0 Å². The highest BCUT2D eigenvalue weighted by Gasteiger charge is 2.29. The molecule has 0 unspecified atom stereocenters. The lowest BCUT2D eigenvalue weighted by atomic mass is 9.89. The van der Waals surface area contributed by atoms with Crippen molar-refractivity contribution < 1.29 is 22.1 Å². The Hall–Kier alpha value is -2.03. The van der Waals surface area contributed by atoms with Crippen molar-refractivity contribution in [2.45, 2.75) is 23.8 Å². The second-order valence-electron chi connectivity index (χ2n) is 7.11. The SMILES string of the molecule is COCO[C@@H](c1ccc(Br)cc1)[C@H](COS(=O)(=O)c1ccc(C)cc1)c1ccccc1. The minimum Gasteiger partial charge on any atom is -0.359 e. The molecule has 3 rings (SSSR count). The Bertz CT molecular complexity index is 1050. The normalized spacial score (nSPS) is 13.6. The first kappa shape index (κ1) is 23.6. The average molecular weight is 505 g/mol. The highest BCUT2D eigenvalue weighted by Crippen LogP contribution is 2.36. The van der Waals surface area contributed by atoms with Crippen molar-refractivity contribution in [2.75, 3.05) is 20.5 Å². The molecular weight excluding hydrogens is 480 g/mol. The fraction of sp³-hybridized carbons (Fsp3) is 0.250. The van der Waals surface area contributed by atoms with Gasteiger partial charge in [-0.2, -0.15) is 8.42 Å². The van der Waals surface area contributed by atoms with Crippen molar-refractivity contribution in [1.82, 2.24) is 0 Å². The van der Waals surface area contributed by atoms with Crippen molar-refractivity contribution in [3.63, 3.8) is 0 Å². The molecule has 0 aliphatic heterocycles. The molecule has 5 nitrogen and oxygen atoms in total. The van der Waals surface area contributed by atoms with E-state index >= 15 is 0 Å². The Labute approximate surface area is 192 Å². The lowest BCUT2D eigenvalue weighted by Gasteiger charge is -2.28. The monoisotopic (exact) mass is 504 g/mol. The van der Waals surface area contributed by atoms with Crippen LogP contribution in [0.2, 0.25) is 0 Å². The molecule has 0 fully saturated rings. The van der Waals surface area contributed by atoms with Crippen LogP contribution < -0.4 is 0 Å². The van der Waals surface area contributed by atoms with Gasteiger partial charge in [0.15, 0.2) is 0 Å². The van der Waals surface area contributed by atoms with Crippen molar-refractivity contribution >= 4 is 26.0 Å². The van der Waals surface area contributed by atoms with Gasteiger partial charge in [0.05, 0.1) is 17.6 Å². The summed E-state index contributed by atoms with van der Waals surface area (Å²) in [7, 11) is -2.37. The Balaban J connectivity index is 1.92. The Kier molecular flexibility index (Phi) is 8.40. The average Bonchev–Trinajstić information content (AvgIpc) is 2.77. The lowest BCUT2D eigenvalue weighted by molar-refractivity contribution is -0.0860. The van der Waals surface area contributed by atoms with Crippen LogP contribution in [0.5, 0.6) is 0 Å². The summed E-state index contributed by atoms with van der Waals surface area (Å²) in [4.78, 5) is 0.128. The molecule has 0 N–H and O–H groups in total. The molecule has 164 valence electrons. The van der Waals surface area contributed by atoms with Gasteiger partial charge in [0.1, 0.15) is 6.79 Å². The van der Waals surface area contributed by atoms with Crippen LogP contribution in [0.3, 0.4) is 0 Å². The van der Waals surface area contributed by atoms with E-state index in [1.54, 1.807) is 31.4 Å². The predicted octanol–water partition coefficient (Wildman–Crippen LogP) is 5.61. The number of methoxy groups -OCH3 is 1. The number of ether oxygens (including phenoxy) is 2. The molecule has 0 heterocycles. The van der Waals surface area contributed by atoms with E-state index in [9.17, 15) is 8.42 Å². The maximum atomic E-state index is 12.8. The first-order valence-corrected chi connectivity index (χ1v) is 12.0. The van der Waals surface area contributed by atoms with E-state index in [0.29, 0.717) is 0 Å². The van der Waals surface area contributed by atoms with Gasteiger partial charge in [-0.15, -0.1) is 0 Å². The van der Waals surface area contributed by atoms with Gasteiger partial charge in [0.25, 0.3) is 10.1 Å². The van der Waals surface area contributed by atoms with E-state index in [1.165, 1.54) is 0 Å². The van der Waals surface area contributed by atoms with Gasteiger partial charge in [-0.05, 0) is 42.3 Å². The van der Waals surface area contributed by atoms with Gasteiger partial charge < -0.3 is 9.47 Å². The number of hydrogen-bond acceptors (Lipinski definition) is 5. The molecule has 0 saturated carbocycles. The van der Waals surface area contributed by atoms with Gasteiger partial charge in [0, 0.05) is 17.5 Å². The van der Waals surface area contributed by atoms with Crippen LogP contribution in [0.1, 0.15) is 28.7 Å². The molecule has 0 spiro atoms. The van der Waals surface area contributed by atoms with E-state index < -0.39 is 16.2 Å². The van der Waals surface area contributed by atoms with Gasteiger partial charge in [-0.1, -0.05) is 76.1 Å². The van der Waals surface area contributed by atoms with E-state index in [0.717, 1.165) is 21.2 Å². The zero-order valence-corrected chi connectivity index (χ0v) is 19.8. The molecule has 0 bridgehead atoms. The molecule has 3 aromatic carbocycles. The van der Waals surface area contributed by atoms with Crippen LogP contribution in [0, 0.1) is 6.92 Å². The van der Waals surface area contributed by atoms with E-state index in [1.807, 2.05) is 61.5 Å². The van der Waals surface area contributed by atoms with Crippen molar-refractivity contribution in [2.24, 2.45) is 0 Å². The highest BCUT2D eigenvalue weighted by molar-refractivity contribution is 9.10. The molecule has 3 aromatic rings. The topological polar surface area (TPSA) is 61.8 Å². The first-order valence-electron chi connectivity index (χ1n) is 9.78. The molecule has 0 aromatic heterocycles. The summed E-state index contributed by atoms with van der Waals surface area (Å²) in [5.41, 5.74) is 2.78. The summed E-state index contributed by atoms with van der Waals surface area (Å²) in [5.74, 6) is -0.377. The minimum absolute atomic E-state index is 0.0643. The second kappa shape index (κ2) is 11.0. The summed E-state index contributed by atoms with van der Waals surface area (Å²) >= 11 is 3.45. The number of benzene rings is 3. The van der Waals surface area contributed by atoms with Gasteiger partial charge in [-0.25, -0.2) is 0 Å². The fourth-order valence-corrected chi connectivity index (χ4v) is 4.43. The second-order valence-corrected chi connectivity index (χ2v) is 9.65. The molecular formula is C24H25BrO5S. The van der Waals surface area contributed by atoms with Crippen LogP contribution >= 0.6 is 15.9 Å². The first-order chi connectivity index (χ1) is 14.9. The van der Waals surface area contributed by atoms with Crippen molar-refractivity contribution in [3.8, 4) is 0 Å². The molecule has 31 heavy (non-hydrogen) atoms. The van der Waals surface area contributed by atoms with Crippen LogP contribution in [0.25, 0.3) is 0 Å². The van der Waals surface area contributed by atoms with E-state index in [2.05, 4.69) is 15.9 Å². The maximum absolute atomic E-state index is 12.8. The molecule has 0 aliphatic carbocycles. The Morgan fingerprint density at radius 3 is 2.13 bits per heavy atom. The smallest absolute Gasteiger partial charge is 0.296 e. The van der Waals surface area contributed by atoms with E-state index in [-0.39, 0.29) is 24.2 Å². The fourth-order valence-electron chi connectivity index (χ4n) is 3.23. The summed E-state index contributed by atoms with van der Waals surface area (Å²) in [6.45, 7) is 1.89. The number of aryl methyl sites for hydroxylation is 1. The largest absolute Gasteiger partial charge is 0.359 e.